The third kappa shape index (κ3) is 8.51. The van der Waals surface area contributed by atoms with Gasteiger partial charge in [-0.05, 0) is 89.8 Å². The van der Waals surface area contributed by atoms with Crippen LogP contribution in [0.3, 0.4) is 0 Å². The first-order valence-electron chi connectivity index (χ1n) is 13.8. The summed E-state index contributed by atoms with van der Waals surface area (Å²) in [6.45, 7) is 10.9. The minimum absolute atomic E-state index is 0.0446. The molecule has 0 bridgehead atoms. The summed E-state index contributed by atoms with van der Waals surface area (Å²) < 4.78 is 35.2. The molecule has 2 amide bonds. The van der Waals surface area contributed by atoms with E-state index in [-0.39, 0.29) is 23.0 Å². The molecule has 1 atom stereocenters. The SMILES string of the molecule is CCOc1ccccc1N(CC(=O)N(Cc1cccc(C)c1)[C@H](C)C(=O)NC(C)(C)C)S(=O)(=O)c1ccc(SC)cc1. The highest BCUT2D eigenvalue weighted by Gasteiger charge is 2.34. The number of nitrogens with one attached hydrogen (secondary N) is 1. The van der Waals surface area contributed by atoms with Crippen LogP contribution in [0.5, 0.6) is 5.75 Å². The lowest BCUT2D eigenvalue weighted by Gasteiger charge is -2.34. The van der Waals surface area contributed by atoms with E-state index in [1.165, 1.54) is 28.8 Å². The van der Waals surface area contributed by atoms with Gasteiger partial charge in [0.15, 0.2) is 0 Å². The number of hydrogen-bond acceptors (Lipinski definition) is 6. The summed E-state index contributed by atoms with van der Waals surface area (Å²) in [6.07, 6.45) is 1.91. The quantitative estimate of drug-likeness (QED) is 0.266. The van der Waals surface area contributed by atoms with Gasteiger partial charge in [-0.15, -0.1) is 11.8 Å². The molecule has 3 aromatic rings. The fraction of sp³-hybridized carbons (Fsp3) is 0.375. The zero-order chi connectivity index (χ0) is 31.1. The summed E-state index contributed by atoms with van der Waals surface area (Å²) in [5.41, 5.74) is 1.56. The molecule has 0 aliphatic heterocycles. The predicted octanol–water partition coefficient (Wildman–Crippen LogP) is 5.64. The van der Waals surface area contributed by atoms with Crippen molar-refractivity contribution >= 4 is 39.3 Å². The topological polar surface area (TPSA) is 96.0 Å². The predicted molar refractivity (Wildman–Crippen MR) is 169 cm³/mol. The number of anilines is 1. The maximum Gasteiger partial charge on any atom is 0.264 e. The molecule has 0 heterocycles. The Hall–Kier alpha value is -3.50. The normalized spacial score (nSPS) is 12.4. The van der Waals surface area contributed by atoms with Crippen LogP contribution >= 0.6 is 11.8 Å². The van der Waals surface area contributed by atoms with Crippen LogP contribution in [0.4, 0.5) is 5.69 Å². The Bertz CT molecular complexity index is 1480. The number of para-hydroxylation sites is 2. The number of amides is 2. The Balaban J connectivity index is 2.10. The lowest BCUT2D eigenvalue weighted by atomic mass is 10.1. The first-order valence-corrected chi connectivity index (χ1v) is 16.5. The monoisotopic (exact) mass is 611 g/mol. The van der Waals surface area contributed by atoms with Gasteiger partial charge in [0.2, 0.25) is 11.8 Å². The van der Waals surface area contributed by atoms with Gasteiger partial charge in [-0.2, -0.15) is 0 Å². The van der Waals surface area contributed by atoms with Crippen LogP contribution in [0.1, 0.15) is 45.7 Å². The van der Waals surface area contributed by atoms with E-state index in [0.717, 1.165) is 20.3 Å². The van der Waals surface area contributed by atoms with Crippen molar-refractivity contribution in [3.05, 3.63) is 83.9 Å². The molecule has 226 valence electrons. The highest BCUT2D eigenvalue weighted by atomic mass is 32.2. The number of carbonyl (C=O) groups is 2. The number of sulfonamides is 1. The number of rotatable bonds is 12. The highest BCUT2D eigenvalue weighted by Crippen LogP contribution is 2.33. The fourth-order valence-corrected chi connectivity index (χ4v) is 6.23. The van der Waals surface area contributed by atoms with E-state index in [4.69, 9.17) is 4.74 Å². The molecule has 3 aromatic carbocycles. The number of carbonyl (C=O) groups excluding carboxylic acids is 2. The molecule has 10 heteroatoms. The average Bonchev–Trinajstić information content (AvgIpc) is 2.94. The largest absolute Gasteiger partial charge is 0.492 e. The molecule has 0 unspecified atom stereocenters. The van der Waals surface area contributed by atoms with Crippen molar-refractivity contribution in [2.45, 2.75) is 69.5 Å². The lowest BCUT2D eigenvalue weighted by Crippen LogP contribution is -2.54. The first kappa shape index (κ1) is 33.0. The van der Waals surface area contributed by atoms with Crippen LogP contribution in [0.25, 0.3) is 0 Å². The summed E-state index contributed by atoms with van der Waals surface area (Å²) in [5, 5.41) is 2.94. The smallest absolute Gasteiger partial charge is 0.264 e. The van der Waals surface area contributed by atoms with E-state index in [1.807, 2.05) is 58.2 Å². The molecule has 0 aliphatic carbocycles. The van der Waals surface area contributed by atoms with Gasteiger partial charge in [0.1, 0.15) is 18.3 Å². The summed E-state index contributed by atoms with van der Waals surface area (Å²) >= 11 is 1.50. The third-order valence-corrected chi connectivity index (χ3v) is 8.98. The molecule has 0 fully saturated rings. The maximum absolute atomic E-state index is 14.2. The van der Waals surface area contributed by atoms with Gasteiger partial charge in [-0.1, -0.05) is 42.0 Å². The number of hydrogen-bond donors (Lipinski definition) is 1. The van der Waals surface area contributed by atoms with Crippen LogP contribution < -0.4 is 14.4 Å². The van der Waals surface area contributed by atoms with Crippen molar-refractivity contribution in [2.24, 2.45) is 0 Å². The number of thioether (sulfide) groups is 1. The zero-order valence-electron chi connectivity index (χ0n) is 25.4. The second kappa shape index (κ2) is 14.1. The minimum Gasteiger partial charge on any atom is -0.492 e. The van der Waals surface area contributed by atoms with Gasteiger partial charge in [0, 0.05) is 17.0 Å². The molecule has 3 rings (SSSR count). The number of aryl methyl sites for hydroxylation is 1. The molecule has 0 saturated heterocycles. The average molecular weight is 612 g/mol. The molecule has 0 radical (unpaired) electrons. The lowest BCUT2D eigenvalue weighted by molar-refractivity contribution is -0.140. The molecule has 0 spiro atoms. The van der Waals surface area contributed by atoms with Crippen LogP contribution in [-0.2, 0) is 26.2 Å². The molecular formula is C32H41N3O5S2. The van der Waals surface area contributed by atoms with Crippen molar-refractivity contribution in [1.82, 2.24) is 10.2 Å². The maximum atomic E-state index is 14.2. The molecule has 42 heavy (non-hydrogen) atoms. The summed E-state index contributed by atoms with van der Waals surface area (Å²) in [5.74, 6) is -0.523. The van der Waals surface area contributed by atoms with E-state index in [2.05, 4.69) is 5.32 Å². The van der Waals surface area contributed by atoms with Crippen LogP contribution in [0, 0.1) is 6.92 Å². The van der Waals surface area contributed by atoms with Gasteiger partial charge in [-0.25, -0.2) is 8.42 Å². The van der Waals surface area contributed by atoms with Crippen molar-refractivity contribution < 1.29 is 22.7 Å². The fourth-order valence-electron chi connectivity index (χ4n) is 4.39. The van der Waals surface area contributed by atoms with Crippen LogP contribution in [0.2, 0.25) is 0 Å². The van der Waals surface area contributed by atoms with Crippen LogP contribution in [0.15, 0.2) is 82.6 Å². The molecule has 0 aromatic heterocycles. The Morgan fingerprint density at radius 3 is 2.26 bits per heavy atom. The van der Waals surface area contributed by atoms with E-state index in [0.29, 0.717) is 12.4 Å². The number of ether oxygens (including phenoxy) is 1. The van der Waals surface area contributed by atoms with Crippen molar-refractivity contribution in [1.29, 1.82) is 0 Å². The highest BCUT2D eigenvalue weighted by molar-refractivity contribution is 7.98. The molecule has 0 saturated carbocycles. The third-order valence-electron chi connectivity index (χ3n) is 6.46. The van der Waals surface area contributed by atoms with Gasteiger partial charge in [0.25, 0.3) is 10.0 Å². The van der Waals surface area contributed by atoms with Gasteiger partial charge < -0.3 is 15.0 Å². The van der Waals surface area contributed by atoms with E-state index >= 15 is 0 Å². The Morgan fingerprint density at radius 1 is 1.00 bits per heavy atom. The van der Waals surface area contributed by atoms with Crippen LogP contribution in [-0.4, -0.2) is 56.1 Å². The summed E-state index contributed by atoms with van der Waals surface area (Å²) in [4.78, 5) is 29.8. The Labute approximate surface area is 254 Å². The van der Waals surface area contributed by atoms with E-state index in [9.17, 15) is 18.0 Å². The van der Waals surface area contributed by atoms with Crippen molar-refractivity contribution in [3.63, 3.8) is 0 Å². The minimum atomic E-state index is -4.21. The second-order valence-corrected chi connectivity index (χ2v) is 13.8. The molecule has 1 N–H and O–H groups in total. The first-order chi connectivity index (χ1) is 19.8. The Morgan fingerprint density at radius 2 is 1.67 bits per heavy atom. The molecule has 8 nitrogen and oxygen atoms in total. The van der Waals surface area contributed by atoms with E-state index < -0.39 is 34.1 Å². The standard InChI is InChI=1S/C32H41N3O5S2/c1-8-40-29-15-10-9-14-28(29)35(42(38,39)27-18-16-26(41-7)17-19-27)22-30(36)34(21-25-13-11-12-23(2)20-25)24(3)31(37)33-32(4,5)6/h9-20,24H,8,21-22H2,1-7H3,(H,33,37)/t24-/m1/s1. The van der Waals surface area contributed by atoms with Gasteiger partial charge >= 0.3 is 0 Å². The number of benzene rings is 3. The second-order valence-electron chi connectivity index (χ2n) is 11.0. The van der Waals surface area contributed by atoms with Crippen molar-refractivity contribution in [3.8, 4) is 5.75 Å². The summed E-state index contributed by atoms with van der Waals surface area (Å²) in [6, 6.07) is 20.1. The summed E-state index contributed by atoms with van der Waals surface area (Å²) in [7, 11) is -4.21. The van der Waals surface area contributed by atoms with Gasteiger partial charge in [0.05, 0.1) is 17.2 Å². The van der Waals surface area contributed by atoms with Crippen molar-refractivity contribution in [2.75, 3.05) is 23.7 Å². The molecular weight excluding hydrogens is 571 g/mol. The van der Waals surface area contributed by atoms with Gasteiger partial charge in [-0.3, -0.25) is 13.9 Å². The molecule has 0 aliphatic rings. The number of nitrogens with zero attached hydrogens (tertiary/aromatic N) is 2. The van der Waals surface area contributed by atoms with E-state index in [1.54, 1.807) is 50.2 Å². The zero-order valence-corrected chi connectivity index (χ0v) is 27.0. The Kier molecular flexibility index (Phi) is 11.1.